The number of H-pyrrole nitrogens is 1. The van der Waals surface area contributed by atoms with Crippen LogP contribution in [-0.4, -0.2) is 34.3 Å². The van der Waals surface area contributed by atoms with Crippen LogP contribution in [0.3, 0.4) is 0 Å². The molecule has 1 aromatic heterocycles. The Morgan fingerprint density at radius 1 is 1.21 bits per heavy atom. The average Bonchev–Trinajstić information content (AvgIpc) is 3.21. The quantitative estimate of drug-likeness (QED) is 0.491. The summed E-state index contributed by atoms with van der Waals surface area (Å²) in [5, 5.41) is 12.7. The van der Waals surface area contributed by atoms with Gasteiger partial charge in [0.2, 0.25) is 5.95 Å². The summed E-state index contributed by atoms with van der Waals surface area (Å²) in [6.45, 7) is 4.55. The van der Waals surface area contributed by atoms with E-state index >= 15 is 0 Å². The highest BCUT2D eigenvalue weighted by molar-refractivity contribution is 6.32. The van der Waals surface area contributed by atoms with E-state index in [1.54, 1.807) is 6.07 Å². The van der Waals surface area contributed by atoms with Gasteiger partial charge in [-0.15, -0.1) is 0 Å². The van der Waals surface area contributed by atoms with Gasteiger partial charge in [0.15, 0.2) is 18.1 Å². The highest BCUT2D eigenvalue weighted by Crippen LogP contribution is 2.37. The van der Waals surface area contributed by atoms with Crippen LogP contribution >= 0.6 is 11.6 Å². The van der Waals surface area contributed by atoms with Crippen molar-refractivity contribution in [2.24, 2.45) is 0 Å². The first-order chi connectivity index (χ1) is 14.0. The second-order valence-corrected chi connectivity index (χ2v) is 6.64. The van der Waals surface area contributed by atoms with E-state index in [0.717, 1.165) is 11.1 Å². The number of ether oxygens (including phenoxy) is 2. The van der Waals surface area contributed by atoms with Crippen molar-refractivity contribution in [1.29, 1.82) is 0 Å². The van der Waals surface area contributed by atoms with Gasteiger partial charge in [0.25, 0.3) is 5.91 Å². The molecule has 0 saturated heterocycles. The van der Waals surface area contributed by atoms with Crippen LogP contribution in [0.15, 0.2) is 42.7 Å². The molecule has 0 aliphatic rings. The lowest BCUT2D eigenvalue weighted by atomic mass is 10.2. The topological polar surface area (TPSA) is 101 Å². The number of carbonyl (C=O) groups excluding carboxylic acids is 1. The van der Waals surface area contributed by atoms with Gasteiger partial charge < -0.3 is 20.1 Å². The number of aromatic nitrogens is 3. The smallest absolute Gasteiger partial charge is 0.262 e. The Labute approximate surface area is 173 Å². The van der Waals surface area contributed by atoms with E-state index in [1.807, 2.05) is 44.2 Å². The van der Waals surface area contributed by atoms with E-state index in [9.17, 15) is 4.79 Å². The minimum atomic E-state index is -0.288. The van der Waals surface area contributed by atoms with Crippen LogP contribution in [0, 0.1) is 6.92 Å². The number of nitrogens with one attached hydrogen (secondary N) is 3. The summed E-state index contributed by atoms with van der Waals surface area (Å²) in [5.74, 6) is 1.06. The molecule has 2 aromatic carbocycles. The molecule has 1 amide bonds. The second-order valence-electron chi connectivity index (χ2n) is 6.23. The molecule has 0 spiro atoms. The molecule has 0 aliphatic heterocycles. The number of nitrogens with zero attached hydrogens (tertiary/aromatic N) is 2. The predicted molar refractivity (Wildman–Crippen MR) is 112 cm³/mol. The second kappa shape index (κ2) is 9.79. The number of hydrogen-bond donors (Lipinski definition) is 3. The number of aryl methyl sites for hydroxylation is 1. The number of halogens is 1. The SMILES string of the molecule is CCOc1cc(CNc2ncn[nH]2)cc(Cl)c1OCC(=O)Nc1ccc(C)cc1. The van der Waals surface area contributed by atoms with E-state index in [0.29, 0.717) is 41.3 Å². The number of hydrogen-bond acceptors (Lipinski definition) is 6. The number of aromatic amines is 1. The zero-order chi connectivity index (χ0) is 20.6. The average molecular weight is 416 g/mol. The highest BCUT2D eigenvalue weighted by Gasteiger charge is 2.15. The monoisotopic (exact) mass is 415 g/mol. The van der Waals surface area contributed by atoms with Crippen LogP contribution in [0.25, 0.3) is 0 Å². The van der Waals surface area contributed by atoms with Gasteiger partial charge in [-0.1, -0.05) is 29.3 Å². The number of anilines is 2. The summed E-state index contributed by atoms with van der Waals surface area (Å²) in [6.07, 6.45) is 1.42. The number of carbonyl (C=O) groups is 1. The molecule has 0 bridgehead atoms. The minimum Gasteiger partial charge on any atom is -0.490 e. The largest absolute Gasteiger partial charge is 0.490 e. The lowest BCUT2D eigenvalue weighted by Crippen LogP contribution is -2.20. The molecule has 0 atom stereocenters. The molecule has 0 radical (unpaired) electrons. The van der Waals surface area contributed by atoms with Gasteiger partial charge in [-0.3, -0.25) is 4.79 Å². The molecule has 0 aliphatic carbocycles. The van der Waals surface area contributed by atoms with Crippen LogP contribution < -0.4 is 20.1 Å². The molecular weight excluding hydrogens is 394 g/mol. The van der Waals surface area contributed by atoms with Gasteiger partial charge in [-0.25, -0.2) is 10.1 Å². The summed E-state index contributed by atoms with van der Waals surface area (Å²) in [6, 6.07) is 11.1. The van der Waals surface area contributed by atoms with E-state index in [2.05, 4.69) is 25.8 Å². The molecule has 0 saturated carbocycles. The van der Waals surface area contributed by atoms with Gasteiger partial charge >= 0.3 is 0 Å². The summed E-state index contributed by atoms with van der Waals surface area (Å²) < 4.78 is 11.3. The maximum Gasteiger partial charge on any atom is 0.262 e. The van der Waals surface area contributed by atoms with Gasteiger partial charge in [0, 0.05) is 12.2 Å². The molecule has 3 aromatic rings. The fourth-order valence-electron chi connectivity index (χ4n) is 2.57. The van der Waals surface area contributed by atoms with Gasteiger partial charge in [-0.05, 0) is 43.7 Å². The first kappa shape index (κ1) is 20.5. The van der Waals surface area contributed by atoms with Crippen molar-refractivity contribution in [1.82, 2.24) is 15.2 Å². The van der Waals surface area contributed by atoms with E-state index in [1.165, 1.54) is 6.33 Å². The molecule has 3 N–H and O–H groups in total. The molecule has 8 nitrogen and oxygen atoms in total. The first-order valence-corrected chi connectivity index (χ1v) is 9.46. The predicted octanol–water partition coefficient (Wildman–Crippen LogP) is 3.79. The van der Waals surface area contributed by atoms with Crippen molar-refractivity contribution < 1.29 is 14.3 Å². The molecule has 1 heterocycles. The molecular formula is C20H22ClN5O3. The fourth-order valence-corrected chi connectivity index (χ4v) is 2.86. The summed E-state index contributed by atoms with van der Waals surface area (Å²) in [7, 11) is 0. The van der Waals surface area contributed by atoms with Crippen molar-refractivity contribution in [3.8, 4) is 11.5 Å². The van der Waals surface area contributed by atoms with E-state index < -0.39 is 0 Å². The van der Waals surface area contributed by atoms with Crippen molar-refractivity contribution in [2.75, 3.05) is 23.8 Å². The summed E-state index contributed by atoms with van der Waals surface area (Å²) in [4.78, 5) is 16.2. The van der Waals surface area contributed by atoms with Crippen LogP contribution in [0.2, 0.25) is 5.02 Å². The van der Waals surface area contributed by atoms with Gasteiger partial charge in [-0.2, -0.15) is 5.10 Å². The Morgan fingerprint density at radius 2 is 2.00 bits per heavy atom. The van der Waals surface area contributed by atoms with Gasteiger partial charge in [0.05, 0.1) is 11.6 Å². The normalized spacial score (nSPS) is 10.4. The highest BCUT2D eigenvalue weighted by atomic mass is 35.5. The van der Waals surface area contributed by atoms with Crippen molar-refractivity contribution in [3.05, 3.63) is 58.9 Å². The lowest BCUT2D eigenvalue weighted by Gasteiger charge is -2.15. The maximum absolute atomic E-state index is 12.2. The standard InChI is InChI=1S/C20H22ClN5O3/c1-3-28-17-9-14(10-22-20-23-12-24-26-20)8-16(21)19(17)29-11-18(27)25-15-6-4-13(2)5-7-15/h4-9,12H,3,10-11H2,1-2H3,(H,25,27)(H2,22,23,24,26). The summed E-state index contributed by atoms with van der Waals surface area (Å²) >= 11 is 6.39. The fraction of sp³-hybridized carbons (Fsp3) is 0.250. The molecule has 9 heteroatoms. The molecule has 29 heavy (non-hydrogen) atoms. The van der Waals surface area contributed by atoms with Gasteiger partial charge in [0.1, 0.15) is 6.33 Å². The third-order valence-electron chi connectivity index (χ3n) is 3.93. The van der Waals surface area contributed by atoms with Crippen LogP contribution in [-0.2, 0) is 11.3 Å². The van der Waals surface area contributed by atoms with Crippen molar-refractivity contribution >= 4 is 29.1 Å². The third-order valence-corrected chi connectivity index (χ3v) is 4.21. The Hall–Kier alpha value is -3.26. The zero-order valence-electron chi connectivity index (χ0n) is 16.2. The number of amides is 1. The van der Waals surface area contributed by atoms with Crippen LogP contribution in [0.4, 0.5) is 11.6 Å². The Morgan fingerprint density at radius 3 is 2.69 bits per heavy atom. The Balaban J connectivity index is 1.65. The summed E-state index contributed by atoms with van der Waals surface area (Å²) in [5.41, 5.74) is 2.69. The zero-order valence-corrected chi connectivity index (χ0v) is 16.9. The van der Waals surface area contributed by atoms with Crippen molar-refractivity contribution in [2.45, 2.75) is 20.4 Å². The van der Waals surface area contributed by atoms with Crippen molar-refractivity contribution in [3.63, 3.8) is 0 Å². The van der Waals surface area contributed by atoms with E-state index in [-0.39, 0.29) is 12.5 Å². The van der Waals surface area contributed by atoms with E-state index in [4.69, 9.17) is 21.1 Å². The molecule has 0 unspecified atom stereocenters. The molecule has 0 fully saturated rings. The minimum absolute atomic E-state index is 0.191. The third kappa shape index (κ3) is 5.86. The number of rotatable bonds is 9. The van der Waals surface area contributed by atoms with Crippen LogP contribution in [0.1, 0.15) is 18.1 Å². The maximum atomic E-state index is 12.2. The molecule has 152 valence electrons. The Bertz CT molecular complexity index is 946. The lowest BCUT2D eigenvalue weighted by molar-refractivity contribution is -0.118. The van der Waals surface area contributed by atoms with Crippen LogP contribution in [0.5, 0.6) is 11.5 Å². The Kier molecular flexibility index (Phi) is 6.91. The number of benzene rings is 2. The first-order valence-electron chi connectivity index (χ1n) is 9.09. The molecule has 3 rings (SSSR count).